The van der Waals surface area contributed by atoms with Crippen LogP contribution >= 0.6 is 11.3 Å². The van der Waals surface area contributed by atoms with Gasteiger partial charge >= 0.3 is 11.8 Å². The van der Waals surface area contributed by atoms with Gasteiger partial charge in [-0.2, -0.15) is 11.3 Å². The van der Waals surface area contributed by atoms with Gasteiger partial charge in [-0.25, -0.2) is 0 Å². The van der Waals surface area contributed by atoms with E-state index in [9.17, 15) is 9.59 Å². The Morgan fingerprint density at radius 2 is 1.82 bits per heavy atom. The molecular formula is C22H29N3O2S. The lowest BCUT2D eigenvalue weighted by atomic mass is 10.1. The highest BCUT2D eigenvalue weighted by molar-refractivity contribution is 7.08. The predicted octanol–water partition coefficient (Wildman–Crippen LogP) is 4.04. The zero-order valence-corrected chi connectivity index (χ0v) is 17.5. The standard InChI is InChI=1S/C22H29N3O2S/c1-16-8-7-9-19(17(16)2)24-22(27)21(26)23-14-20(18-10-13-28-15-18)25-11-5-3-4-6-12-25/h7-10,13,15,20H,3-6,11-12,14H2,1-2H3,(H,23,26)(H,24,27). The Bertz CT molecular complexity index is 796. The molecule has 1 aliphatic rings. The number of nitrogens with zero attached hydrogens (tertiary/aromatic N) is 1. The van der Waals surface area contributed by atoms with E-state index in [1.807, 2.05) is 32.0 Å². The molecule has 0 spiro atoms. The topological polar surface area (TPSA) is 61.4 Å². The van der Waals surface area contributed by atoms with E-state index in [1.165, 1.54) is 31.2 Å². The Morgan fingerprint density at radius 3 is 2.50 bits per heavy atom. The summed E-state index contributed by atoms with van der Waals surface area (Å²) in [5, 5.41) is 9.79. The fourth-order valence-electron chi connectivity index (χ4n) is 3.66. The maximum Gasteiger partial charge on any atom is 0.313 e. The van der Waals surface area contributed by atoms with Crippen molar-refractivity contribution in [1.82, 2.24) is 10.2 Å². The fraction of sp³-hybridized carbons (Fsp3) is 0.455. The molecule has 2 amide bonds. The summed E-state index contributed by atoms with van der Waals surface area (Å²) in [5.41, 5.74) is 3.95. The number of likely N-dealkylation sites (tertiary alicyclic amines) is 1. The first-order valence-corrected chi connectivity index (χ1v) is 10.9. The quantitative estimate of drug-likeness (QED) is 0.746. The van der Waals surface area contributed by atoms with Gasteiger partial charge in [0.25, 0.3) is 0 Å². The van der Waals surface area contributed by atoms with Crippen molar-refractivity contribution in [2.45, 2.75) is 45.6 Å². The minimum absolute atomic E-state index is 0.113. The zero-order valence-electron chi connectivity index (χ0n) is 16.7. The van der Waals surface area contributed by atoms with Crippen molar-refractivity contribution in [3.05, 3.63) is 51.7 Å². The third kappa shape index (κ3) is 5.20. The van der Waals surface area contributed by atoms with Crippen molar-refractivity contribution >= 4 is 28.8 Å². The number of nitrogens with one attached hydrogen (secondary N) is 2. The number of anilines is 1. The Morgan fingerprint density at radius 1 is 1.07 bits per heavy atom. The second-order valence-electron chi connectivity index (χ2n) is 7.43. The van der Waals surface area contributed by atoms with E-state index < -0.39 is 11.8 Å². The Balaban J connectivity index is 1.62. The van der Waals surface area contributed by atoms with Gasteiger partial charge in [0.15, 0.2) is 0 Å². The molecule has 0 aliphatic carbocycles. The number of aryl methyl sites for hydroxylation is 1. The molecule has 2 N–H and O–H groups in total. The molecule has 28 heavy (non-hydrogen) atoms. The van der Waals surface area contributed by atoms with E-state index in [0.29, 0.717) is 12.2 Å². The molecule has 1 fully saturated rings. The molecule has 2 heterocycles. The minimum atomic E-state index is -0.617. The van der Waals surface area contributed by atoms with Gasteiger partial charge in [-0.3, -0.25) is 14.5 Å². The third-order valence-electron chi connectivity index (χ3n) is 5.52. The van der Waals surface area contributed by atoms with Crippen LogP contribution in [-0.4, -0.2) is 36.3 Å². The van der Waals surface area contributed by atoms with Crippen molar-refractivity contribution in [2.75, 3.05) is 25.0 Å². The summed E-state index contributed by atoms with van der Waals surface area (Å²) in [6.07, 6.45) is 4.89. The predicted molar refractivity (Wildman–Crippen MR) is 115 cm³/mol. The second-order valence-corrected chi connectivity index (χ2v) is 8.21. The number of thiophene rings is 1. The van der Waals surface area contributed by atoms with Crippen molar-refractivity contribution in [1.29, 1.82) is 0 Å². The molecule has 1 saturated heterocycles. The zero-order chi connectivity index (χ0) is 19.9. The molecule has 0 radical (unpaired) electrons. The third-order valence-corrected chi connectivity index (χ3v) is 6.23. The van der Waals surface area contributed by atoms with E-state index in [0.717, 1.165) is 24.2 Å². The maximum absolute atomic E-state index is 12.4. The smallest absolute Gasteiger partial charge is 0.313 e. The van der Waals surface area contributed by atoms with Crippen molar-refractivity contribution in [2.24, 2.45) is 0 Å². The summed E-state index contributed by atoms with van der Waals surface area (Å²) in [4.78, 5) is 27.2. The number of hydrogen-bond donors (Lipinski definition) is 2. The van der Waals surface area contributed by atoms with Crippen LogP contribution in [0.15, 0.2) is 35.0 Å². The average molecular weight is 400 g/mol. The van der Waals surface area contributed by atoms with Gasteiger partial charge in [0, 0.05) is 12.2 Å². The summed E-state index contributed by atoms with van der Waals surface area (Å²) in [5.74, 6) is -1.20. The monoisotopic (exact) mass is 399 g/mol. The highest BCUT2D eigenvalue weighted by Gasteiger charge is 2.24. The lowest BCUT2D eigenvalue weighted by molar-refractivity contribution is -0.136. The molecule has 0 saturated carbocycles. The number of hydrogen-bond acceptors (Lipinski definition) is 4. The first-order chi connectivity index (χ1) is 13.6. The fourth-order valence-corrected chi connectivity index (χ4v) is 4.37. The van der Waals surface area contributed by atoms with Crippen LogP contribution in [0.1, 0.15) is 48.4 Å². The SMILES string of the molecule is Cc1cccc(NC(=O)C(=O)NCC(c2ccsc2)N2CCCCCC2)c1C. The highest BCUT2D eigenvalue weighted by Crippen LogP contribution is 2.25. The number of amides is 2. The van der Waals surface area contributed by atoms with Gasteiger partial charge in [-0.15, -0.1) is 0 Å². The molecule has 0 bridgehead atoms. The van der Waals surface area contributed by atoms with Crippen LogP contribution in [0.4, 0.5) is 5.69 Å². The lowest BCUT2D eigenvalue weighted by Crippen LogP contribution is -2.42. The van der Waals surface area contributed by atoms with Crippen LogP contribution in [0.25, 0.3) is 0 Å². The van der Waals surface area contributed by atoms with E-state index in [1.54, 1.807) is 11.3 Å². The number of benzene rings is 1. The minimum Gasteiger partial charge on any atom is -0.346 e. The molecule has 6 heteroatoms. The van der Waals surface area contributed by atoms with Gasteiger partial charge in [-0.1, -0.05) is 25.0 Å². The number of carbonyl (C=O) groups excluding carboxylic acids is 2. The summed E-state index contributed by atoms with van der Waals surface area (Å²) < 4.78 is 0. The van der Waals surface area contributed by atoms with E-state index in [2.05, 4.69) is 32.4 Å². The Labute approximate surface area is 171 Å². The molecule has 1 aliphatic heterocycles. The van der Waals surface area contributed by atoms with Gasteiger partial charge in [0.1, 0.15) is 0 Å². The number of carbonyl (C=O) groups is 2. The van der Waals surface area contributed by atoms with Gasteiger partial charge < -0.3 is 10.6 Å². The first kappa shape index (κ1) is 20.6. The van der Waals surface area contributed by atoms with Crippen LogP contribution in [0.3, 0.4) is 0 Å². The summed E-state index contributed by atoms with van der Waals surface area (Å²) in [6.45, 7) is 6.43. The molecule has 1 aromatic carbocycles. The largest absolute Gasteiger partial charge is 0.346 e. The van der Waals surface area contributed by atoms with Gasteiger partial charge in [0.05, 0.1) is 6.04 Å². The molecule has 5 nitrogen and oxygen atoms in total. The molecule has 2 aromatic rings. The normalized spacial score (nSPS) is 16.2. The molecule has 1 aromatic heterocycles. The summed E-state index contributed by atoms with van der Waals surface area (Å²) >= 11 is 1.66. The summed E-state index contributed by atoms with van der Waals surface area (Å²) in [7, 11) is 0. The van der Waals surface area contributed by atoms with Crippen LogP contribution in [0.5, 0.6) is 0 Å². The van der Waals surface area contributed by atoms with Gasteiger partial charge in [-0.05, 0) is 79.4 Å². The second kappa shape index (κ2) is 9.85. The Kier molecular flexibility index (Phi) is 7.23. The number of rotatable bonds is 5. The van der Waals surface area contributed by atoms with Gasteiger partial charge in [0.2, 0.25) is 0 Å². The Hall–Kier alpha value is -2.18. The van der Waals surface area contributed by atoms with Crippen LogP contribution < -0.4 is 10.6 Å². The van der Waals surface area contributed by atoms with Crippen molar-refractivity contribution in [3.8, 4) is 0 Å². The molecule has 1 unspecified atom stereocenters. The highest BCUT2D eigenvalue weighted by atomic mass is 32.1. The van der Waals surface area contributed by atoms with Crippen molar-refractivity contribution < 1.29 is 9.59 Å². The van der Waals surface area contributed by atoms with Crippen LogP contribution in [-0.2, 0) is 9.59 Å². The lowest BCUT2D eigenvalue weighted by Gasteiger charge is -2.30. The van der Waals surface area contributed by atoms with E-state index in [4.69, 9.17) is 0 Å². The maximum atomic E-state index is 12.4. The van der Waals surface area contributed by atoms with Crippen LogP contribution in [0.2, 0.25) is 0 Å². The van der Waals surface area contributed by atoms with E-state index >= 15 is 0 Å². The average Bonchev–Trinajstić information content (AvgIpc) is 3.08. The molecular weight excluding hydrogens is 370 g/mol. The molecule has 1 atom stereocenters. The molecule has 150 valence electrons. The molecule has 3 rings (SSSR count). The first-order valence-electron chi connectivity index (χ1n) is 9.98. The summed E-state index contributed by atoms with van der Waals surface area (Å²) in [6, 6.07) is 7.91. The van der Waals surface area contributed by atoms with Crippen LogP contribution in [0, 0.1) is 13.8 Å². The van der Waals surface area contributed by atoms with Crippen molar-refractivity contribution in [3.63, 3.8) is 0 Å². The van der Waals surface area contributed by atoms with E-state index in [-0.39, 0.29) is 6.04 Å².